The topological polar surface area (TPSA) is 127 Å². The predicted molar refractivity (Wildman–Crippen MR) is 66.2 cm³/mol. The van der Waals surface area contributed by atoms with Crippen LogP contribution in [0.5, 0.6) is 0 Å². The van der Waals surface area contributed by atoms with Gasteiger partial charge >= 0.3 is 5.97 Å². The lowest BCUT2D eigenvalue weighted by molar-refractivity contribution is -0.170. The summed E-state index contributed by atoms with van der Waals surface area (Å²) < 4.78 is 4.73. The minimum Gasteiger partial charge on any atom is -0.464 e. The number of aliphatic hydroxyl groups excluding tert-OH is 5. The molecular weight excluding hydrogens is 256 g/mol. The zero-order valence-corrected chi connectivity index (χ0v) is 11.1. The quantitative estimate of drug-likeness (QED) is 0.244. The first-order valence-corrected chi connectivity index (χ1v) is 6.45. The van der Waals surface area contributed by atoms with Gasteiger partial charge in [0, 0.05) is 0 Å². The molecule has 0 radical (unpaired) electrons. The normalized spacial score (nSPS) is 17.6. The summed E-state index contributed by atoms with van der Waals surface area (Å²) in [6, 6.07) is 0. The summed E-state index contributed by atoms with van der Waals surface area (Å²) >= 11 is 0. The predicted octanol–water partition coefficient (Wildman–Crippen LogP) is -1.45. The first-order valence-electron chi connectivity index (χ1n) is 6.45. The molecule has 0 aromatic rings. The molecule has 0 spiro atoms. The summed E-state index contributed by atoms with van der Waals surface area (Å²) in [5.74, 6) is -1.06. The van der Waals surface area contributed by atoms with Gasteiger partial charge in [-0.1, -0.05) is 26.2 Å². The molecule has 0 amide bonds. The summed E-state index contributed by atoms with van der Waals surface area (Å²) in [7, 11) is 0. The smallest absolute Gasteiger partial charge is 0.337 e. The Bertz CT molecular complexity index is 246. The van der Waals surface area contributed by atoms with Crippen molar-refractivity contribution in [3.8, 4) is 0 Å². The molecule has 4 atom stereocenters. The molecule has 19 heavy (non-hydrogen) atoms. The van der Waals surface area contributed by atoms with Crippen molar-refractivity contribution in [1.82, 2.24) is 0 Å². The average molecular weight is 280 g/mol. The number of unbranched alkanes of at least 4 members (excludes halogenated alkanes) is 3. The van der Waals surface area contributed by atoms with Crippen LogP contribution >= 0.6 is 0 Å². The molecule has 0 heterocycles. The highest BCUT2D eigenvalue weighted by Gasteiger charge is 2.34. The molecule has 114 valence electrons. The second-order valence-corrected chi connectivity index (χ2v) is 4.40. The number of carbonyl (C=O) groups excluding carboxylic acids is 1. The van der Waals surface area contributed by atoms with Gasteiger partial charge in [-0.25, -0.2) is 4.79 Å². The van der Waals surface area contributed by atoms with E-state index in [0.717, 1.165) is 19.3 Å². The van der Waals surface area contributed by atoms with E-state index in [1.165, 1.54) is 0 Å². The van der Waals surface area contributed by atoms with Crippen LogP contribution in [0.25, 0.3) is 0 Å². The van der Waals surface area contributed by atoms with Crippen molar-refractivity contribution in [2.24, 2.45) is 0 Å². The van der Waals surface area contributed by atoms with Crippen molar-refractivity contribution < 1.29 is 35.1 Å². The van der Waals surface area contributed by atoms with Crippen LogP contribution in [0.2, 0.25) is 0 Å². The SMILES string of the molecule is CCCCCCOC(=O)C(O)C(O)C(O)C(O)CO. The number of rotatable bonds is 10. The van der Waals surface area contributed by atoms with Gasteiger partial charge in [-0.05, 0) is 6.42 Å². The van der Waals surface area contributed by atoms with E-state index in [0.29, 0.717) is 6.42 Å². The second kappa shape index (κ2) is 10.1. The molecule has 0 saturated carbocycles. The Balaban J connectivity index is 4.03. The van der Waals surface area contributed by atoms with Crippen LogP contribution in [-0.2, 0) is 9.53 Å². The molecule has 4 unspecified atom stereocenters. The highest BCUT2D eigenvalue weighted by atomic mass is 16.5. The molecule has 0 saturated heterocycles. The molecule has 0 aliphatic heterocycles. The van der Waals surface area contributed by atoms with Crippen LogP contribution in [0.15, 0.2) is 0 Å². The van der Waals surface area contributed by atoms with Crippen LogP contribution < -0.4 is 0 Å². The molecule has 0 aliphatic carbocycles. The lowest BCUT2D eigenvalue weighted by Gasteiger charge is -2.24. The molecule has 0 bridgehead atoms. The van der Waals surface area contributed by atoms with E-state index in [-0.39, 0.29) is 6.61 Å². The Labute approximate surface area is 112 Å². The summed E-state index contributed by atoms with van der Waals surface area (Å²) in [5.41, 5.74) is 0. The molecule has 0 rings (SSSR count). The highest BCUT2D eigenvalue weighted by molar-refractivity contribution is 5.75. The molecule has 0 aromatic heterocycles. The number of esters is 1. The minimum absolute atomic E-state index is 0.126. The van der Waals surface area contributed by atoms with Crippen LogP contribution in [0, 0.1) is 0 Å². The van der Waals surface area contributed by atoms with E-state index >= 15 is 0 Å². The van der Waals surface area contributed by atoms with Crippen LogP contribution in [0.4, 0.5) is 0 Å². The van der Waals surface area contributed by atoms with Gasteiger partial charge in [-0.3, -0.25) is 0 Å². The van der Waals surface area contributed by atoms with E-state index in [9.17, 15) is 20.1 Å². The van der Waals surface area contributed by atoms with Crippen molar-refractivity contribution >= 4 is 5.97 Å². The number of carbonyl (C=O) groups is 1. The number of ether oxygens (including phenoxy) is 1. The maximum Gasteiger partial charge on any atom is 0.337 e. The van der Waals surface area contributed by atoms with Gasteiger partial charge in [0.2, 0.25) is 0 Å². The number of aliphatic hydroxyl groups is 5. The standard InChI is InChI=1S/C12H24O7/c1-2-3-4-5-6-19-12(18)11(17)10(16)9(15)8(14)7-13/h8-11,13-17H,2-7H2,1H3. The molecule has 7 heteroatoms. The van der Waals surface area contributed by atoms with Crippen molar-refractivity contribution in [3.63, 3.8) is 0 Å². The fourth-order valence-electron chi connectivity index (χ4n) is 1.45. The van der Waals surface area contributed by atoms with Crippen molar-refractivity contribution in [2.75, 3.05) is 13.2 Å². The number of hydrogen-bond donors (Lipinski definition) is 5. The first kappa shape index (κ1) is 18.3. The largest absolute Gasteiger partial charge is 0.464 e. The third-order valence-corrected chi connectivity index (χ3v) is 2.74. The summed E-state index contributed by atoms with van der Waals surface area (Å²) in [6.07, 6.45) is -3.72. The molecular formula is C12H24O7. The van der Waals surface area contributed by atoms with Crippen LogP contribution in [0.1, 0.15) is 32.6 Å². The lowest BCUT2D eigenvalue weighted by Crippen LogP contribution is -2.49. The molecule has 0 fully saturated rings. The van der Waals surface area contributed by atoms with Gasteiger partial charge in [0.1, 0.15) is 18.3 Å². The van der Waals surface area contributed by atoms with Crippen molar-refractivity contribution in [3.05, 3.63) is 0 Å². The molecule has 0 aromatic carbocycles. The summed E-state index contributed by atoms with van der Waals surface area (Å²) in [6.45, 7) is 1.37. The Hall–Kier alpha value is -0.730. The maximum atomic E-state index is 11.3. The fourth-order valence-corrected chi connectivity index (χ4v) is 1.45. The molecule has 0 aliphatic rings. The average Bonchev–Trinajstić information content (AvgIpc) is 2.43. The Morgan fingerprint density at radius 2 is 1.68 bits per heavy atom. The van der Waals surface area contributed by atoms with Gasteiger partial charge in [0.25, 0.3) is 0 Å². The van der Waals surface area contributed by atoms with E-state index in [1.54, 1.807) is 0 Å². The zero-order valence-electron chi connectivity index (χ0n) is 11.1. The van der Waals surface area contributed by atoms with Crippen molar-refractivity contribution in [2.45, 2.75) is 57.0 Å². The van der Waals surface area contributed by atoms with Crippen LogP contribution in [0.3, 0.4) is 0 Å². The van der Waals surface area contributed by atoms with Crippen LogP contribution in [-0.4, -0.2) is 69.1 Å². The maximum absolute atomic E-state index is 11.3. The Morgan fingerprint density at radius 1 is 1.05 bits per heavy atom. The highest BCUT2D eigenvalue weighted by Crippen LogP contribution is 2.07. The fraction of sp³-hybridized carbons (Fsp3) is 0.917. The zero-order chi connectivity index (χ0) is 14.8. The third kappa shape index (κ3) is 6.84. The van der Waals surface area contributed by atoms with Crippen molar-refractivity contribution in [1.29, 1.82) is 0 Å². The van der Waals surface area contributed by atoms with Gasteiger partial charge in [-0.15, -0.1) is 0 Å². The monoisotopic (exact) mass is 280 g/mol. The van der Waals surface area contributed by atoms with Gasteiger partial charge < -0.3 is 30.3 Å². The van der Waals surface area contributed by atoms with E-state index < -0.39 is 37.0 Å². The minimum atomic E-state index is -1.96. The summed E-state index contributed by atoms with van der Waals surface area (Å²) in [4.78, 5) is 11.3. The van der Waals surface area contributed by atoms with Gasteiger partial charge in [0.05, 0.1) is 13.2 Å². The van der Waals surface area contributed by atoms with E-state index in [4.69, 9.17) is 14.9 Å². The lowest BCUT2D eigenvalue weighted by atomic mass is 10.0. The third-order valence-electron chi connectivity index (χ3n) is 2.74. The second-order valence-electron chi connectivity index (χ2n) is 4.40. The molecule has 7 nitrogen and oxygen atoms in total. The van der Waals surface area contributed by atoms with Gasteiger partial charge in [-0.2, -0.15) is 0 Å². The molecule has 5 N–H and O–H groups in total. The Morgan fingerprint density at radius 3 is 2.21 bits per heavy atom. The summed E-state index contributed by atoms with van der Waals surface area (Å²) in [5, 5.41) is 45.8. The number of hydrogen-bond acceptors (Lipinski definition) is 7. The van der Waals surface area contributed by atoms with Gasteiger partial charge in [0.15, 0.2) is 6.10 Å². The van der Waals surface area contributed by atoms with E-state index in [2.05, 4.69) is 0 Å². The first-order chi connectivity index (χ1) is 8.95. The Kier molecular flexibility index (Phi) is 9.72. The van der Waals surface area contributed by atoms with E-state index in [1.807, 2.05) is 6.92 Å².